The molecular formula is C22H20O. The van der Waals surface area contributed by atoms with Crippen molar-refractivity contribution in [2.45, 2.75) is 13.8 Å². The summed E-state index contributed by atoms with van der Waals surface area (Å²) < 4.78 is 0. The first-order chi connectivity index (χ1) is 11.1. The van der Waals surface area contributed by atoms with Crippen molar-refractivity contribution in [3.63, 3.8) is 0 Å². The largest absolute Gasteiger partial charge is 0.295 e. The third-order valence-electron chi connectivity index (χ3n) is 4.12. The SMILES string of the molecule is CC(=O)/C=C(\C=C(\C)C1C=CC=C1)c1ccc2cccccc1-2. The van der Waals surface area contributed by atoms with Gasteiger partial charge in [0.1, 0.15) is 0 Å². The first-order valence-corrected chi connectivity index (χ1v) is 7.89. The molecule has 3 aliphatic carbocycles. The average molecular weight is 300 g/mol. The van der Waals surface area contributed by atoms with Crippen LogP contribution in [0.1, 0.15) is 19.4 Å². The molecule has 114 valence electrons. The fourth-order valence-corrected chi connectivity index (χ4v) is 2.96. The lowest BCUT2D eigenvalue weighted by Gasteiger charge is -2.09. The summed E-state index contributed by atoms with van der Waals surface area (Å²) in [6, 6.07) is 14.5. The van der Waals surface area contributed by atoms with Crippen LogP contribution in [-0.4, -0.2) is 5.78 Å². The molecule has 0 aromatic rings. The molecule has 0 aromatic carbocycles. The van der Waals surface area contributed by atoms with Gasteiger partial charge in [0.15, 0.2) is 5.78 Å². The zero-order valence-electron chi connectivity index (χ0n) is 13.5. The number of rotatable bonds is 4. The highest BCUT2D eigenvalue weighted by Crippen LogP contribution is 2.34. The number of hydrogen-bond acceptors (Lipinski definition) is 1. The Hall–Kier alpha value is -2.67. The second-order valence-electron chi connectivity index (χ2n) is 5.92. The molecule has 0 spiro atoms. The normalized spacial score (nSPS) is 15.6. The fourth-order valence-electron chi connectivity index (χ4n) is 2.96. The minimum atomic E-state index is 0.0659. The molecule has 0 amide bonds. The van der Waals surface area contributed by atoms with Gasteiger partial charge >= 0.3 is 0 Å². The summed E-state index contributed by atoms with van der Waals surface area (Å²) in [4.78, 5) is 11.7. The van der Waals surface area contributed by atoms with Crippen LogP contribution in [0.4, 0.5) is 0 Å². The first kappa shape index (κ1) is 15.2. The highest BCUT2D eigenvalue weighted by atomic mass is 16.1. The van der Waals surface area contributed by atoms with Crippen molar-refractivity contribution < 1.29 is 4.79 Å². The van der Waals surface area contributed by atoms with E-state index >= 15 is 0 Å². The summed E-state index contributed by atoms with van der Waals surface area (Å²) in [7, 11) is 0. The van der Waals surface area contributed by atoms with Gasteiger partial charge < -0.3 is 0 Å². The molecule has 1 nitrogen and oxygen atoms in total. The third kappa shape index (κ3) is 3.40. The van der Waals surface area contributed by atoms with Crippen LogP contribution in [0.2, 0.25) is 0 Å². The van der Waals surface area contributed by atoms with Crippen LogP contribution >= 0.6 is 0 Å². The Morgan fingerprint density at radius 1 is 0.913 bits per heavy atom. The van der Waals surface area contributed by atoms with E-state index in [0.717, 1.165) is 11.1 Å². The quantitative estimate of drug-likeness (QED) is 0.542. The average Bonchev–Trinajstić information content (AvgIpc) is 3.12. The maximum atomic E-state index is 11.7. The standard InChI is InChI=1S/C22H20O/c1-16(18-8-6-7-9-18)14-20(15-17(2)23)22-13-12-19-10-4-3-5-11-21(19)22/h3-15,18H,1-2H3/b16-14-,20-15+. The molecular weight excluding hydrogens is 280 g/mol. The van der Waals surface area contributed by atoms with Gasteiger partial charge in [-0.25, -0.2) is 0 Å². The maximum Gasteiger partial charge on any atom is 0.153 e. The van der Waals surface area contributed by atoms with E-state index in [4.69, 9.17) is 0 Å². The molecule has 0 radical (unpaired) electrons. The zero-order valence-corrected chi connectivity index (χ0v) is 13.5. The van der Waals surface area contributed by atoms with Gasteiger partial charge in [-0.3, -0.25) is 4.79 Å². The Morgan fingerprint density at radius 3 is 2.39 bits per heavy atom. The topological polar surface area (TPSA) is 17.1 Å². The van der Waals surface area contributed by atoms with Crippen LogP contribution in [0.15, 0.2) is 84.5 Å². The number of fused-ring (bicyclic) bond motifs is 1. The molecule has 3 aliphatic rings. The minimum Gasteiger partial charge on any atom is -0.295 e. The predicted molar refractivity (Wildman–Crippen MR) is 97.2 cm³/mol. The number of ketones is 1. The number of carbonyl (C=O) groups excluding carboxylic acids is 1. The van der Waals surface area contributed by atoms with Crippen molar-refractivity contribution in [2.75, 3.05) is 0 Å². The summed E-state index contributed by atoms with van der Waals surface area (Å²) in [6.07, 6.45) is 12.3. The molecule has 0 N–H and O–H groups in total. The van der Waals surface area contributed by atoms with Crippen LogP contribution in [0.5, 0.6) is 0 Å². The van der Waals surface area contributed by atoms with E-state index in [1.807, 2.05) is 18.2 Å². The van der Waals surface area contributed by atoms with E-state index in [0.29, 0.717) is 5.92 Å². The Kier molecular flexibility index (Phi) is 4.38. The maximum absolute atomic E-state index is 11.7. The van der Waals surface area contributed by atoms with E-state index in [9.17, 15) is 4.79 Å². The van der Waals surface area contributed by atoms with Gasteiger partial charge in [0, 0.05) is 5.92 Å². The molecule has 0 aromatic heterocycles. The molecule has 0 bridgehead atoms. The highest BCUT2D eigenvalue weighted by molar-refractivity contribution is 6.00. The van der Waals surface area contributed by atoms with Crippen molar-refractivity contribution >= 4 is 11.4 Å². The molecule has 1 heteroatoms. The highest BCUT2D eigenvalue weighted by Gasteiger charge is 2.13. The lowest BCUT2D eigenvalue weighted by molar-refractivity contribution is -0.112. The monoisotopic (exact) mass is 300 g/mol. The first-order valence-electron chi connectivity index (χ1n) is 7.89. The van der Waals surface area contributed by atoms with Gasteiger partial charge in [0.05, 0.1) is 0 Å². The van der Waals surface area contributed by atoms with Gasteiger partial charge in [0.25, 0.3) is 0 Å². The second-order valence-corrected chi connectivity index (χ2v) is 5.92. The van der Waals surface area contributed by atoms with Crippen LogP contribution in [0, 0.1) is 5.92 Å². The molecule has 0 heterocycles. The molecule has 0 atom stereocenters. The van der Waals surface area contributed by atoms with E-state index in [-0.39, 0.29) is 5.78 Å². The predicted octanol–water partition coefficient (Wildman–Crippen LogP) is 5.45. The van der Waals surface area contributed by atoms with Crippen molar-refractivity contribution in [1.82, 2.24) is 0 Å². The Labute approximate surface area is 137 Å². The van der Waals surface area contributed by atoms with Gasteiger partial charge in [0.2, 0.25) is 0 Å². The van der Waals surface area contributed by atoms with Crippen LogP contribution in [0.3, 0.4) is 0 Å². The molecule has 0 saturated heterocycles. The van der Waals surface area contributed by atoms with Crippen molar-refractivity contribution in [2.24, 2.45) is 5.92 Å². The van der Waals surface area contributed by atoms with Gasteiger partial charge in [-0.1, -0.05) is 78.4 Å². The summed E-state index contributed by atoms with van der Waals surface area (Å²) in [5.74, 6) is 0.388. The Balaban J connectivity index is 2.07. The van der Waals surface area contributed by atoms with E-state index in [1.165, 1.54) is 16.7 Å². The van der Waals surface area contributed by atoms with Crippen molar-refractivity contribution in [1.29, 1.82) is 0 Å². The molecule has 3 rings (SSSR count). The summed E-state index contributed by atoms with van der Waals surface area (Å²) in [5, 5.41) is 0. The summed E-state index contributed by atoms with van der Waals surface area (Å²) >= 11 is 0. The lowest BCUT2D eigenvalue weighted by atomic mass is 9.95. The van der Waals surface area contributed by atoms with Crippen LogP contribution in [0.25, 0.3) is 16.7 Å². The number of hydrogen-bond donors (Lipinski definition) is 0. The van der Waals surface area contributed by atoms with Crippen LogP contribution < -0.4 is 0 Å². The van der Waals surface area contributed by atoms with Gasteiger partial charge in [-0.05, 0) is 42.2 Å². The number of carbonyl (C=O) groups is 1. The molecule has 0 fully saturated rings. The Morgan fingerprint density at radius 2 is 1.65 bits per heavy atom. The van der Waals surface area contributed by atoms with E-state index < -0.39 is 0 Å². The lowest BCUT2D eigenvalue weighted by Crippen LogP contribution is -1.94. The smallest absolute Gasteiger partial charge is 0.153 e. The molecule has 23 heavy (non-hydrogen) atoms. The molecule has 0 aliphatic heterocycles. The zero-order chi connectivity index (χ0) is 16.2. The molecule has 0 unspecified atom stereocenters. The molecule has 0 saturated carbocycles. The van der Waals surface area contributed by atoms with Gasteiger partial charge in [-0.2, -0.15) is 0 Å². The fraction of sp³-hybridized carbons (Fsp3) is 0.136. The van der Waals surface area contributed by atoms with Gasteiger partial charge in [-0.15, -0.1) is 0 Å². The van der Waals surface area contributed by atoms with Crippen molar-refractivity contribution in [3.8, 4) is 11.1 Å². The van der Waals surface area contributed by atoms with Crippen LogP contribution in [-0.2, 0) is 4.79 Å². The summed E-state index contributed by atoms with van der Waals surface area (Å²) in [5.41, 5.74) is 5.67. The summed E-state index contributed by atoms with van der Waals surface area (Å²) in [6.45, 7) is 3.72. The third-order valence-corrected chi connectivity index (χ3v) is 4.12. The van der Waals surface area contributed by atoms with E-state index in [1.54, 1.807) is 13.0 Å². The minimum absolute atomic E-state index is 0.0659. The Bertz CT molecular complexity index is 806. The van der Waals surface area contributed by atoms with Crippen molar-refractivity contribution in [3.05, 3.63) is 90.1 Å². The van der Waals surface area contributed by atoms with E-state index in [2.05, 4.69) is 61.6 Å². The second kappa shape index (κ2) is 6.62. The number of allylic oxidation sites excluding steroid dienone is 8.